The molecule has 1 saturated carbocycles. The van der Waals surface area contributed by atoms with Gasteiger partial charge < -0.3 is 20.8 Å². The number of hydrogen-bond donors (Lipinski definition) is 4. The van der Waals surface area contributed by atoms with Crippen LogP contribution in [0.15, 0.2) is 24.3 Å². The minimum atomic E-state index is -0.211. The van der Waals surface area contributed by atoms with Crippen molar-refractivity contribution in [1.29, 1.82) is 0 Å². The molecule has 0 aromatic heterocycles. The fourth-order valence-electron chi connectivity index (χ4n) is 2.49. The molecule has 0 heterocycles. The van der Waals surface area contributed by atoms with Crippen molar-refractivity contribution < 1.29 is 15.0 Å². The molecule has 2 amide bonds. The molecule has 110 valence electrons. The van der Waals surface area contributed by atoms with Gasteiger partial charge in [-0.3, -0.25) is 0 Å². The fraction of sp³-hybridized carbons (Fsp3) is 0.533. The van der Waals surface area contributed by atoms with E-state index < -0.39 is 0 Å². The summed E-state index contributed by atoms with van der Waals surface area (Å²) in [6.45, 7) is 0.485. The van der Waals surface area contributed by atoms with E-state index in [0.717, 1.165) is 31.2 Å². The molecule has 0 saturated heterocycles. The predicted octanol–water partition coefficient (Wildman–Crippen LogP) is 1.54. The molecule has 0 aliphatic heterocycles. The highest BCUT2D eigenvalue weighted by atomic mass is 16.3. The molecule has 1 fully saturated rings. The molecular formula is C15H22N2O3. The number of nitrogens with one attached hydrogen (secondary N) is 2. The van der Waals surface area contributed by atoms with Crippen LogP contribution in [0.4, 0.5) is 4.79 Å². The quantitative estimate of drug-likeness (QED) is 0.674. The summed E-state index contributed by atoms with van der Waals surface area (Å²) in [5.74, 6) is 0.260. The number of phenolic OH excluding ortho intramolecular Hbond substituents is 1. The van der Waals surface area contributed by atoms with Gasteiger partial charge in [-0.2, -0.15) is 0 Å². The number of urea groups is 1. The molecular weight excluding hydrogens is 256 g/mol. The SMILES string of the molecule is O=C(NCCc1ccccc1O)NC1CCC(O)CC1. The lowest BCUT2D eigenvalue weighted by Gasteiger charge is -2.26. The largest absolute Gasteiger partial charge is 0.508 e. The highest BCUT2D eigenvalue weighted by molar-refractivity contribution is 5.74. The summed E-state index contributed by atoms with van der Waals surface area (Å²) in [6, 6.07) is 7.10. The van der Waals surface area contributed by atoms with Crippen LogP contribution in [0.2, 0.25) is 0 Å². The Balaban J connectivity index is 1.67. The Kier molecular flexibility index (Phi) is 5.24. The van der Waals surface area contributed by atoms with Gasteiger partial charge in [0.25, 0.3) is 0 Å². The van der Waals surface area contributed by atoms with E-state index in [1.807, 2.05) is 12.1 Å². The Morgan fingerprint density at radius 3 is 2.60 bits per heavy atom. The van der Waals surface area contributed by atoms with Crippen LogP contribution in [0, 0.1) is 0 Å². The first-order chi connectivity index (χ1) is 9.65. The molecule has 0 unspecified atom stereocenters. The van der Waals surface area contributed by atoms with Gasteiger partial charge in [0.2, 0.25) is 0 Å². The van der Waals surface area contributed by atoms with Crippen LogP contribution in [-0.4, -0.2) is 34.9 Å². The first kappa shape index (κ1) is 14.7. The molecule has 0 spiro atoms. The Morgan fingerprint density at radius 1 is 1.20 bits per heavy atom. The second kappa shape index (κ2) is 7.14. The average Bonchev–Trinajstić information content (AvgIpc) is 2.43. The minimum Gasteiger partial charge on any atom is -0.508 e. The molecule has 0 radical (unpaired) electrons. The minimum absolute atomic E-state index is 0.156. The topological polar surface area (TPSA) is 81.6 Å². The number of carbonyl (C=O) groups excluding carboxylic acids is 1. The van der Waals surface area contributed by atoms with E-state index in [2.05, 4.69) is 10.6 Å². The maximum Gasteiger partial charge on any atom is 0.315 e. The van der Waals surface area contributed by atoms with Gasteiger partial charge in [0, 0.05) is 12.6 Å². The maximum atomic E-state index is 11.7. The lowest BCUT2D eigenvalue weighted by atomic mass is 9.93. The zero-order valence-corrected chi connectivity index (χ0v) is 11.5. The number of benzene rings is 1. The van der Waals surface area contributed by atoms with Gasteiger partial charge in [-0.05, 0) is 43.7 Å². The molecule has 1 aromatic rings. The third-order valence-electron chi connectivity index (χ3n) is 3.70. The van der Waals surface area contributed by atoms with Crippen molar-refractivity contribution in [2.45, 2.75) is 44.2 Å². The van der Waals surface area contributed by atoms with Gasteiger partial charge in [0.05, 0.1) is 6.10 Å². The third-order valence-corrected chi connectivity index (χ3v) is 3.70. The number of aromatic hydroxyl groups is 1. The number of aliphatic hydroxyl groups excluding tert-OH is 1. The van der Waals surface area contributed by atoms with Gasteiger partial charge in [-0.1, -0.05) is 18.2 Å². The van der Waals surface area contributed by atoms with Gasteiger partial charge in [0.1, 0.15) is 5.75 Å². The number of para-hydroxylation sites is 1. The van der Waals surface area contributed by atoms with Crippen molar-refractivity contribution in [3.8, 4) is 5.75 Å². The molecule has 0 atom stereocenters. The lowest BCUT2D eigenvalue weighted by molar-refractivity contribution is 0.117. The summed E-state index contributed by atoms with van der Waals surface area (Å²) >= 11 is 0. The second-order valence-corrected chi connectivity index (χ2v) is 5.28. The first-order valence-electron chi connectivity index (χ1n) is 7.14. The average molecular weight is 278 g/mol. The summed E-state index contributed by atoms with van der Waals surface area (Å²) < 4.78 is 0. The number of amides is 2. The van der Waals surface area contributed by atoms with E-state index in [1.165, 1.54) is 0 Å². The molecule has 0 bridgehead atoms. The molecule has 2 rings (SSSR count). The van der Waals surface area contributed by atoms with Crippen LogP contribution in [0.3, 0.4) is 0 Å². The van der Waals surface area contributed by atoms with Crippen molar-refractivity contribution in [3.05, 3.63) is 29.8 Å². The predicted molar refractivity (Wildman–Crippen MR) is 76.6 cm³/mol. The molecule has 1 aliphatic rings. The van der Waals surface area contributed by atoms with Crippen molar-refractivity contribution in [1.82, 2.24) is 10.6 Å². The maximum absolute atomic E-state index is 11.7. The lowest BCUT2D eigenvalue weighted by Crippen LogP contribution is -2.44. The van der Waals surface area contributed by atoms with E-state index >= 15 is 0 Å². The smallest absolute Gasteiger partial charge is 0.315 e. The highest BCUT2D eigenvalue weighted by Crippen LogP contribution is 2.18. The summed E-state index contributed by atoms with van der Waals surface area (Å²) in [4.78, 5) is 11.7. The van der Waals surface area contributed by atoms with Crippen LogP contribution in [0.5, 0.6) is 5.75 Å². The van der Waals surface area contributed by atoms with Crippen LogP contribution in [-0.2, 0) is 6.42 Å². The van der Waals surface area contributed by atoms with Crippen LogP contribution in [0.1, 0.15) is 31.2 Å². The van der Waals surface area contributed by atoms with E-state index in [-0.39, 0.29) is 23.9 Å². The van der Waals surface area contributed by atoms with Gasteiger partial charge in [-0.25, -0.2) is 4.79 Å². The summed E-state index contributed by atoms with van der Waals surface area (Å²) in [5, 5.41) is 24.7. The van der Waals surface area contributed by atoms with Crippen LogP contribution >= 0.6 is 0 Å². The summed E-state index contributed by atoms with van der Waals surface area (Å²) in [5.41, 5.74) is 0.827. The van der Waals surface area contributed by atoms with Crippen LogP contribution in [0.25, 0.3) is 0 Å². The normalized spacial score (nSPS) is 22.2. The molecule has 1 aliphatic carbocycles. The summed E-state index contributed by atoms with van der Waals surface area (Å²) in [7, 11) is 0. The Bertz CT molecular complexity index is 442. The van der Waals surface area contributed by atoms with Crippen LogP contribution < -0.4 is 10.6 Å². The standard InChI is InChI=1S/C15H22N2O3/c18-13-7-5-12(6-8-13)17-15(20)16-10-9-11-3-1-2-4-14(11)19/h1-4,12-13,18-19H,5-10H2,(H2,16,17,20). The Morgan fingerprint density at radius 2 is 1.90 bits per heavy atom. The van der Waals surface area contributed by atoms with E-state index in [9.17, 15) is 15.0 Å². The fourth-order valence-corrected chi connectivity index (χ4v) is 2.49. The van der Waals surface area contributed by atoms with Crippen molar-refractivity contribution in [2.75, 3.05) is 6.54 Å². The zero-order valence-electron chi connectivity index (χ0n) is 11.5. The highest BCUT2D eigenvalue weighted by Gasteiger charge is 2.20. The van der Waals surface area contributed by atoms with Crippen molar-refractivity contribution in [3.63, 3.8) is 0 Å². The molecule has 1 aromatic carbocycles. The number of carbonyl (C=O) groups is 1. The van der Waals surface area contributed by atoms with Crippen molar-refractivity contribution in [2.24, 2.45) is 0 Å². The number of rotatable bonds is 4. The summed E-state index contributed by atoms with van der Waals surface area (Å²) in [6.07, 6.45) is 3.55. The molecule has 20 heavy (non-hydrogen) atoms. The second-order valence-electron chi connectivity index (χ2n) is 5.28. The number of phenols is 1. The van der Waals surface area contributed by atoms with Gasteiger partial charge in [0.15, 0.2) is 0 Å². The van der Waals surface area contributed by atoms with Crippen molar-refractivity contribution >= 4 is 6.03 Å². The molecule has 4 N–H and O–H groups in total. The number of aliphatic hydroxyl groups is 1. The molecule has 5 heteroatoms. The van der Waals surface area contributed by atoms with E-state index in [1.54, 1.807) is 12.1 Å². The monoisotopic (exact) mass is 278 g/mol. The zero-order chi connectivity index (χ0) is 14.4. The van der Waals surface area contributed by atoms with Gasteiger partial charge in [-0.15, -0.1) is 0 Å². The van der Waals surface area contributed by atoms with E-state index in [0.29, 0.717) is 13.0 Å². The van der Waals surface area contributed by atoms with E-state index in [4.69, 9.17) is 0 Å². The Labute approximate surface area is 119 Å². The molecule has 5 nitrogen and oxygen atoms in total. The number of hydrogen-bond acceptors (Lipinski definition) is 3. The Hall–Kier alpha value is -1.75. The van der Waals surface area contributed by atoms with Gasteiger partial charge >= 0.3 is 6.03 Å². The first-order valence-corrected chi connectivity index (χ1v) is 7.14. The third kappa shape index (κ3) is 4.42.